The molecule has 0 heterocycles. The highest BCUT2D eigenvalue weighted by molar-refractivity contribution is 7.98. The molecule has 1 atom stereocenters. The summed E-state index contributed by atoms with van der Waals surface area (Å²) in [6, 6.07) is 13.4. The maximum absolute atomic E-state index is 9.57. The standard InChI is InChI=1S/C15H14Cl2OS/c1-10(18)11-4-2-5-12(8-11)19-9-13-14(16)6-3-7-15(13)17/h2-8,10,18H,9H2,1H3. The lowest BCUT2D eigenvalue weighted by molar-refractivity contribution is 0.199. The van der Waals surface area contributed by atoms with Crippen LogP contribution in [0.15, 0.2) is 47.4 Å². The van der Waals surface area contributed by atoms with Crippen LogP contribution < -0.4 is 0 Å². The molecule has 2 aromatic carbocycles. The Balaban J connectivity index is 2.12. The maximum Gasteiger partial charge on any atom is 0.0762 e. The number of halogens is 2. The Hall–Kier alpha value is -0.670. The van der Waals surface area contributed by atoms with Crippen molar-refractivity contribution in [3.63, 3.8) is 0 Å². The summed E-state index contributed by atoms with van der Waals surface area (Å²) in [6.45, 7) is 1.76. The molecule has 1 N–H and O–H groups in total. The summed E-state index contributed by atoms with van der Waals surface area (Å²) in [5.41, 5.74) is 1.86. The minimum absolute atomic E-state index is 0.454. The highest BCUT2D eigenvalue weighted by Crippen LogP contribution is 2.32. The first-order chi connectivity index (χ1) is 9.08. The van der Waals surface area contributed by atoms with E-state index in [9.17, 15) is 5.11 Å². The predicted octanol–water partition coefficient (Wildman–Crippen LogP) is 5.34. The Morgan fingerprint density at radius 1 is 1.11 bits per heavy atom. The average molecular weight is 313 g/mol. The number of hydrogen-bond donors (Lipinski definition) is 1. The predicted molar refractivity (Wildman–Crippen MR) is 83.1 cm³/mol. The van der Waals surface area contributed by atoms with E-state index >= 15 is 0 Å². The number of hydrogen-bond acceptors (Lipinski definition) is 2. The van der Waals surface area contributed by atoms with Crippen LogP contribution in [-0.4, -0.2) is 5.11 Å². The zero-order chi connectivity index (χ0) is 13.8. The van der Waals surface area contributed by atoms with Crippen molar-refractivity contribution in [3.8, 4) is 0 Å². The van der Waals surface area contributed by atoms with Gasteiger partial charge in [0.1, 0.15) is 0 Å². The van der Waals surface area contributed by atoms with Crippen LogP contribution in [0.1, 0.15) is 24.2 Å². The van der Waals surface area contributed by atoms with Crippen LogP contribution in [0.5, 0.6) is 0 Å². The van der Waals surface area contributed by atoms with Crippen LogP contribution in [0.4, 0.5) is 0 Å². The fraction of sp³-hybridized carbons (Fsp3) is 0.200. The molecule has 0 fully saturated rings. The number of aliphatic hydroxyl groups excluding tert-OH is 1. The van der Waals surface area contributed by atoms with E-state index in [-0.39, 0.29) is 0 Å². The van der Waals surface area contributed by atoms with Crippen molar-refractivity contribution in [2.45, 2.75) is 23.7 Å². The molecule has 0 saturated heterocycles. The molecule has 19 heavy (non-hydrogen) atoms. The van der Waals surface area contributed by atoms with Crippen molar-refractivity contribution in [1.29, 1.82) is 0 Å². The number of benzene rings is 2. The largest absolute Gasteiger partial charge is 0.389 e. The Bertz CT molecular complexity index is 550. The molecule has 1 unspecified atom stereocenters. The van der Waals surface area contributed by atoms with Gasteiger partial charge < -0.3 is 5.11 Å². The van der Waals surface area contributed by atoms with E-state index in [2.05, 4.69) is 0 Å². The van der Waals surface area contributed by atoms with Gasteiger partial charge in [-0.15, -0.1) is 11.8 Å². The topological polar surface area (TPSA) is 20.2 Å². The minimum Gasteiger partial charge on any atom is -0.389 e. The van der Waals surface area contributed by atoms with E-state index in [0.717, 1.165) is 16.0 Å². The third-order valence-corrected chi connectivity index (χ3v) is 4.51. The molecule has 0 aliphatic carbocycles. The molecule has 2 aromatic rings. The van der Waals surface area contributed by atoms with Crippen molar-refractivity contribution in [2.24, 2.45) is 0 Å². The van der Waals surface area contributed by atoms with Gasteiger partial charge >= 0.3 is 0 Å². The van der Waals surface area contributed by atoms with E-state index in [1.165, 1.54) is 0 Å². The van der Waals surface area contributed by atoms with Gasteiger partial charge in [-0.05, 0) is 42.3 Å². The van der Waals surface area contributed by atoms with Gasteiger partial charge in [0.25, 0.3) is 0 Å². The third-order valence-electron chi connectivity index (χ3n) is 2.79. The summed E-state index contributed by atoms with van der Waals surface area (Å²) in [7, 11) is 0. The van der Waals surface area contributed by atoms with Crippen molar-refractivity contribution in [3.05, 3.63) is 63.6 Å². The van der Waals surface area contributed by atoms with Crippen molar-refractivity contribution < 1.29 is 5.11 Å². The lowest BCUT2D eigenvalue weighted by Crippen LogP contribution is -1.91. The smallest absolute Gasteiger partial charge is 0.0762 e. The van der Waals surface area contributed by atoms with Crippen LogP contribution in [0.3, 0.4) is 0 Å². The first-order valence-corrected chi connectivity index (χ1v) is 7.66. The number of thioether (sulfide) groups is 1. The molecule has 0 aliphatic rings. The molecule has 0 saturated carbocycles. The summed E-state index contributed by atoms with van der Waals surface area (Å²) in [5, 5.41) is 10.9. The zero-order valence-electron chi connectivity index (χ0n) is 10.4. The summed E-state index contributed by atoms with van der Waals surface area (Å²) < 4.78 is 0. The minimum atomic E-state index is -0.454. The molecule has 1 nitrogen and oxygen atoms in total. The monoisotopic (exact) mass is 312 g/mol. The molecular weight excluding hydrogens is 299 g/mol. The van der Waals surface area contributed by atoms with Crippen molar-refractivity contribution in [2.75, 3.05) is 0 Å². The summed E-state index contributed by atoms with van der Waals surface area (Å²) >= 11 is 13.9. The molecule has 0 bridgehead atoms. The normalized spacial score (nSPS) is 12.4. The van der Waals surface area contributed by atoms with Gasteiger partial charge in [0.2, 0.25) is 0 Å². The second-order valence-corrected chi connectivity index (χ2v) is 6.10. The van der Waals surface area contributed by atoms with E-state index in [1.807, 2.05) is 42.5 Å². The molecule has 0 aromatic heterocycles. The number of rotatable bonds is 4. The first kappa shape index (κ1) is 14.7. The van der Waals surface area contributed by atoms with E-state index in [1.54, 1.807) is 18.7 Å². The van der Waals surface area contributed by atoms with Crippen LogP contribution in [-0.2, 0) is 5.75 Å². The second-order valence-electron chi connectivity index (χ2n) is 4.24. The Morgan fingerprint density at radius 3 is 2.37 bits per heavy atom. The van der Waals surface area contributed by atoms with Gasteiger partial charge in [0.15, 0.2) is 0 Å². The molecule has 0 amide bonds. The molecule has 0 radical (unpaired) electrons. The summed E-state index contributed by atoms with van der Waals surface area (Å²) in [4.78, 5) is 1.09. The Kier molecular flexibility index (Phi) is 5.17. The molecule has 2 rings (SSSR count). The van der Waals surface area contributed by atoms with Crippen LogP contribution >= 0.6 is 35.0 Å². The van der Waals surface area contributed by atoms with Gasteiger partial charge in [-0.1, -0.05) is 41.4 Å². The highest BCUT2D eigenvalue weighted by atomic mass is 35.5. The lowest BCUT2D eigenvalue weighted by atomic mass is 10.1. The lowest BCUT2D eigenvalue weighted by Gasteiger charge is -2.09. The number of aliphatic hydroxyl groups is 1. The fourth-order valence-corrected chi connectivity index (χ4v) is 3.40. The fourth-order valence-electron chi connectivity index (χ4n) is 1.69. The van der Waals surface area contributed by atoms with E-state index in [0.29, 0.717) is 15.8 Å². The van der Waals surface area contributed by atoms with Gasteiger partial charge in [0.05, 0.1) is 6.10 Å². The summed E-state index contributed by atoms with van der Waals surface area (Å²) in [6.07, 6.45) is -0.454. The van der Waals surface area contributed by atoms with Gasteiger partial charge in [-0.25, -0.2) is 0 Å². The SMILES string of the molecule is CC(O)c1cccc(SCc2c(Cl)cccc2Cl)c1. The molecule has 4 heteroatoms. The maximum atomic E-state index is 9.57. The van der Waals surface area contributed by atoms with Crippen LogP contribution in [0, 0.1) is 0 Å². The van der Waals surface area contributed by atoms with Crippen LogP contribution in [0.2, 0.25) is 10.0 Å². The van der Waals surface area contributed by atoms with Crippen molar-refractivity contribution in [1.82, 2.24) is 0 Å². The Labute approximate surface area is 127 Å². The summed E-state index contributed by atoms with van der Waals surface area (Å²) in [5.74, 6) is 0.710. The average Bonchev–Trinajstić information content (AvgIpc) is 2.38. The second kappa shape index (κ2) is 6.67. The van der Waals surface area contributed by atoms with Crippen molar-refractivity contribution >= 4 is 35.0 Å². The molecular formula is C15H14Cl2OS. The third kappa shape index (κ3) is 3.90. The van der Waals surface area contributed by atoms with E-state index in [4.69, 9.17) is 23.2 Å². The molecule has 0 spiro atoms. The van der Waals surface area contributed by atoms with E-state index < -0.39 is 6.10 Å². The highest BCUT2D eigenvalue weighted by Gasteiger charge is 2.07. The van der Waals surface area contributed by atoms with Crippen LogP contribution in [0.25, 0.3) is 0 Å². The van der Waals surface area contributed by atoms with Gasteiger partial charge in [-0.2, -0.15) is 0 Å². The van der Waals surface area contributed by atoms with Gasteiger partial charge in [-0.3, -0.25) is 0 Å². The van der Waals surface area contributed by atoms with Gasteiger partial charge in [0, 0.05) is 20.7 Å². The first-order valence-electron chi connectivity index (χ1n) is 5.91. The molecule has 100 valence electrons. The zero-order valence-corrected chi connectivity index (χ0v) is 12.8. The molecule has 0 aliphatic heterocycles. The quantitative estimate of drug-likeness (QED) is 0.769. The Morgan fingerprint density at radius 2 is 1.74 bits per heavy atom.